The van der Waals surface area contributed by atoms with Gasteiger partial charge in [0.25, 0.3) is 10.5 Å². The highest BCUT2D eigenvalue weighted by molar-refractivity contribution is 7.01. The highest BCUT2D eigenvalue weighted by atomic mass is 35.5. The van der Waals surface area contributed by atoms with Gasteiger partial charge in [0.15, 0.2) is 0 Å². The third-order valence-electron chi connectivity index (χ3n) is 1.49. The molecule has 0 amide bonds. The summed E-state index contributed by atoms with van der Waals surface area (Å²) in [6, 6.07) is 5.27. The number of benzene rings is 1. The zero-order chi connectivity index (χ0) is 12.1. The van der Waals surface area contributed by atoms with Crippen LogP contribution in [-0.2, 0) is 9.59 Å². The Morgan fingerprint density at radius 1 is 1.25 bits per heavy atom. The molecule has 7 heteroatoms. The van der Waals surface area contributed by atoms with Gasteiger partial charge < -0.3 is 0 Å². The molecule has 0 aromatic heterocycles. The van der Waals surface area contributed by atoms with Gasteiger partial charge in [-0.2, -0.15) is 5.10 Å². The number of carbonyl (C=O) groups excluding carboxylic acids is 2. The third-order valence-corrected chi connectivity index (χ3v) is 1.85. The van der Waals surface area contributed by atoms with Crippen LogP contribution in [0.15, 0.2) is 29.4 Å². The minimum absolute atomic E-state index is 0.258. The van der Waals surface area contributed by atoms with Crippen molar-refractivity contribution in [2.45, 2.75) is 0 Å². The smallest absolute Gasteiger partial charge is 0.277 e. The molecule has 0 saturated heterocycles. The predicted octanol–water partition coefficient (Wildman–Crippen LogP) is 2.12. The number of rotatable bonds is 4. The zero-order valence-corrected chi connectivity index (χ0v) is 9.22. The summed E-state index contributed by atoms with van der Waals surface area (Å²) < 4.78 is 12.7. The molecule has 0 unspecified atom stereocenters. The van der Waals surface area contributed by atoms with Crippen molar-refractivity contribution in [1.82, 2.24) is 0 Å². The largest absolute Gasteiger partial charge is 0.277 e. The molecule has 0 aliphatic carbocycles. The van der Waals surface area contributed by atoms with E-state index in [1.165, 1.54) is 18.2 Å². The molecule has 4 nitrogen and oxygen atoms in total. The van der Waals surface area contributed by atoms with Crippen molar-refractivity contribution in [3.63, 3.8) is 0 Å². The van der Waals surface area contributed by atoms with Crippen LogP contribution in [0.1, 0.15) is 0 Å². The summed E-state index contributed by atoms with van der Waals surface area (Å²) in [6.45, 7) is 0. The lowest BCUT2D eigenvalue weighted by Crippen LogP contribution is -2.17. The van der Waals surface area contributed by atoms with E-state index in [2.05, 4.69) is 10.5 Å². The fourth-order valence-electron chi connectivity index (χ4n) is 0.844. The van der Waals surface area contributed by atoms with Crippen LogP contribution in [0.25, 0.3) is 0 Å². The first-order valence-corrected chi connectivity index (χ1v) is 4.75. The van der Waals surface area contributed by atoms with Gasteiger partial charge in [0.05, 0.1) is 5.69 Å². The molecule has 1 N–H and O–H groups in total. The average Bonchev–Trinajstić information content (AvgIpc) is 2.16. The highest BCUT2D eigenvalue weighted by Crippen LogP contribution is 2.09. The van der Waals surface area contributed by atoms with Crippen molar-refractivity contribution in [3.8, 4) is 0 Å². The summed E-state index contributed by atoms with van der Waals surface area (Å²) >= 11 is 10.1. The lowest BCUT2D eigenvalue weighted by Gasteiger charge is -2.00. The van der Waals surface area contributed by atoms with Crippen LogP contribution >= 0.6 is 23.2 Å². The maximum Gasteiger partial charge on any atom is 0.277 e. The van der Waals surface area contributed by atoms with Crippen molar-refractivity contribution < 1.29 is 14.0 Å². The number of halogens is 3. The minimum atomic E-state index is -1.09. The van der Waals surface area contributed by atoms with E-state index in [0.717, 1.165) is 6.07 Å². The number of nitrogens with one attached hydrogen (secondary N) is 1. The summed E-state index contributed by atoms with van der Waals surface area (Å²) in [5.41, 5.74) is 1.88. The Kier molecular flexibility index (Phi) is 4.39. The minimum Gasteiger partial charge on any atom is -0.277 e. The van der Waals surface area contributed by atoms with E-state index in [1.807, 2.05) is 0 Å². The molecule has 16 heavy (non-hydrogen) atoms. The van der Waals surface area contributed by atoms with Gasteiger partial charge in [-0.1, -0.05) is 6.07 Å². The van der Waals surface area contributed by atoms with Gasteiger partial charge in [0.2, 0.25) is 5.71 Å². The van der Waals surface area contributed by atoms with Gasteiger partial charge in [0, 0.05) is 0 Å². The first-order valence-electron chi connectivity index (χ1n) is 3.99. The summed E-state index contributed by atoms with van der Waals surface area (Å²) in [6.07, 6.45) is 0. The molecular weight excluding hydrogens is 258 g/mol. The molecule has 0 radical (unpaired) electrons. The molecule has 0 heterocycles. The lowest BCUT2D eigenvalue weighted by molar-refractivity contribution is -0.109. The monoisotopic (exact) mass is 262 g/mol. The summed E-state index contributed by atoms with van der Waals surface area (Å²) in [4.78, 5) is 21.4. The van der Waals surface area contributed by atoms with E-state index in [1.54, 1.807) is 0 Å². The van der Waals surface area contributed by atoms with Crippen molar-refractivity contribution in [2.75, 3.05) is 5.43 Å². The lowest BCUT2D eigenvalue weighted by atomic mass is 10.3. The number of nitrogens with zero attached hydrogens (tertiary/aromatic N) is 1. The molecule has 84 valence electrons. The van der Waals surface area contributed by atoms with Crippen LogP contribution in [0, 0.1) is 5.82 Å². The SMILES string of the molecule is O=C(Cl)C(=NNc1cccc(F)c1)C(=O)Cl. The molecule has 0 aliphatic rings. The van der Waals surface area contributed by atoms with Crippen LogP contribution in [0.4, 0.5) is 10.1 Å². The Labute approximate surface area is 100 Å². The Hall–Kier alpha value is -1.46. The number of hydrogen-bond acceptors (Lipinski definition) is 4. The second-order valence-corrected chi connectivity index (χ2v) is 3.32. The van der Waals surface area contributed by atoms with Gasteiger partial charge >= 0.3 is 0 Å². The molecule has 0 saturated carbocycles. The zero-order valence-electron chi connectivity index (χ0n) is 7.71. The number of hydrazone groups is 1. The number of anilines is 1. The maximum absolute atomic E-state index is 12.7. The van der Waals surface area contributed by atoms with Crippen molar-refractivity contribution >= 4 is 45.1 Å². The van der Waals surface area contributed by atoms with E-state index in [-0.39, 0.29) is 5.69 Å². The molecular formula is C9H5Cl2FN2O2. The van der Waals surface area contributed by atoms with Crippen molar-refractivity contribution in [1.29, 1.82) is 0 Å². The van der Waals surface area contributed by atoms with Crippen LogP contribution in [0.2, 0.25) is 0 Å². The summed E-state index contributed by atoms with van der Waals surface area (Å²) in [7, 11) is 0. The van der Waals surface area contributed by atoms with Gasteiger partial charge in [-0.3, -0.25) is 15.0 Å². The first kappa shape index (κ1) is 12.6. The molecule has 1 aromatic carbocycles. The maximum atomic E-state index is 12.7. The first-order chi connectivity index (χ1) is 7.50. The Bertz CT molecular complexity index is 447. The Morgan fingerprint density at radius 3 is 2.38 bits per heavy atom. The topological polar surface area (TPSA) is 58.5 Å². The van der Waals surface area contributed by atoms with E-state index in [0.29, 0.717) is 0 Å². The van der Waals surface area contributed by atoms with Gasteiger partial charge in [-0.15, -0.1) is 0 Å². The van der Waals surface area contributed by atoms with Gasteiger partial charge in [0.1, 0.15) is 5.82 Å². The number of hydrogen-bond donors (Lipinski definition) is 1. The van der Waals surface area contributed by atoms with E-state index < -0.39 is 22.0 Å². The summed E-state index contributed by atoms with van der Waals surface area (Å²) in [5, 5.41) is 1.18. The molecule has 0 aliphatic heterocycles. The van der Waals surface area contributed by atoms with Gasteiger partial charge in [-0.05, 0) is 41.4 Å². The fourth-order valence-corrected chi connectivity index (χ4v) is 1.15. The molecule has 1 aromatic rings. The molecule has 0 spiro atoms. The Morgan fingerprint density at radius 2 is 1.88 bits per heavy atom. The van der Waals surface area contributed by atoms with E-state index in [4.69, 9.17) is 23.2 Å². The molecule has 0 bridgehead atoms. The quantitative estimate of drug-likeness (QED) is 0.392. The van der Waals surface area contributed by atoms with Crippen LogP contribution < -0.4 is 5.43 Å². The molecule has 1 rings (SSSR count). The summed E-state index contributed by atoms with van der Waals surface area (Å²) in [5.74, 6) is -0.490. The van der Waals surface area contributed by atoms with Crippen molar-refractivity contribution in [2.24, 2.45) is 5.10 Å². The van der Waals surface area contributed by atoms with Crippen LogP contribution in [0.5, 0.6) is 0 Å². The average molecular weight is 263 g/mol. The number of carbonyl (C=O) groups is 2. The van der Waals surface area contributed by atoms with Crippen molar-refractivity contribution in [3.05, 3.63) is 30.1 Å². The second-order valence-electron chi connectivity index (χ2n) is 2.63. The normalized spacial score (nSPS) is 9.44. The van der Waals surface area contributed by atoms with E-state index in [9.17, 15) is 14.0 Å². The highest BCUT2D eigenvalue weighted by Gasteiger charge is 2.16. The fraction of sp³-hybridized carbons (Fsp3) is 0. The molecule has 0 fully saturated rings. The molecule has 0 atom stereocenters. The van der Waals surface area contributed by atoms with E-state index >= 15 is 0 Å². The van der Waals surface area contributed by atoms with Crippen LogP contribution in [-0.4, -0.2) is 16.2 Å². The predicted molar refractivity (Wildman–Crippen MR) is 59.2 cm³/mol. The second kappa shape index (κ2) is 5.58. The van der Waals surface area contributed by atoms with Gasteiger partial charge in [-0.25, -0.2) is 4.39 Å². The standard InChI is InChI=1S/C9H5Cl2FN2O2/c10-8(15)7(9(11)16)14-13-6-3-1-2-5(12)4-6/h1-4,13H. The third kappa shape index (κ3) is 3.60. The van der Waals surface area contributed by atoms with Crippen LogP contribution in [0.3, 0.4) is 0 Å². The Balaban J connectivity index is 2.85.